The van der Waals surface area contributed by atoms with Crippen molar-refractivity contribution in [3.8, 4) is 17.7 Å². The molecule has 0 saturated heterocycles. The van der Waals surface area contributed by atoms with E-state index in [0.717, 1.165) is 10.0 Å². The van der Waals surface area contributed by atoms with Crippen molar-refractivity contribution >= 4 is 15.9 Å². The van der Waals surface area contributed by atoms with Crippen LogP contribution in [0.1, 0.15) is 11.1 Å². The van der Waals surface area contributed by atoms with Crippen LogP contribution >= 0.6 is 15.9 Å². The minimum atomic E-state index is 0.339. The van der Waals surface area contributed by atoms with Gasteiger partial charge in [-0.1, -0.05) is 22.0 Å². The van der Waals surface area contributed by atoms with Crippen LogP contribution in [-0.4, -0.2) is 4.98 Å². The Hall–Kier alpha value is -1.86. The van der Waals surface area contributed by atoms with Crippen LogP contribution < -0.4 is 4.74 Å². The van der Waals surface area contributed by atoms with Crippen LogP contribution in [0.3, 0.4) is 0 Å². The molecule has 1 aromatic carbocycles. The average Bonchev–Trinajstić information content (AvgIpc) is 2.29. The molecule has 17 heavy (non-hydrogen) atoms. The number of rotatable bonds is 2. The maximum absolute atomic E-state index is 9.05. The summed E-state index contributed by atoms with van der Waals surface area (Å²) >= 11 is 3.36. The lowest BCUT2D eigenvalue weighted by atomic mass is 10.2. The van der Waals surface area contributed by atoms with Gasteiger partial charge in [0, 0.05) is 10.7 Å². The van der Waals surface area contributed by atoms with Gasteiger partial charge in [-0.2, -0.15) is 5.26 Å². The Morgan fingerprint density at radius 2 is 2.18 bits per heavy atom. The van der Waals surface area contributed by atoms with E-state index in [2.05, 4.69) is 27.0 Å². The first-order chi connectivity index (χ1) is 8.20. The second kappa shape index (κ2) is 4.98. The van der Waals surface area contributed by atoms with Gasteiger partial charge in [0.2, 0.25) is 5.88 Å². The van der Waals surface area contributed by atoms with Crippen molar-refractivity contribution in [3.05, 3.63) is 52.1 Å². The summed E-state index contributed by atoms with van der Waals surface area (Å²) < 4.78 is 6.52. The van der Waals surface area contributed by atoms with Crippen LogP contribution in [0.4, 0.5) is 0 Å². The van der Waals surface area contributed by atoms with Crippen molar-refractivity contribution in [1.29, 1.82) is 5.26 Å². The molecule has 0 atom stereocenters. The van der Waals surface area contributed by atoms with Gasteiger partial charge in [0.25, 0.3) is 0 Å². The summed E-state index contributed by atoms with van der Waals surface area (Å²) in [6, 6.07) is 11.3. The van der Waals surface area contributed by atoms with E-state index in [4.69, 9.17) is 10.00 Å². The van der Waals surface area contributed by atoms with E-state index in [0.29, 0.717) is 17.2 Å². The highest BCUT2D eigenvalue weighted by Crippen LogP contribution is 2.26. The van der Waals surface area contributed by atoms with E-state index < -0.39 is 0 Å². The number of halogens is 1. The van der Waals surface area contributed by atoms with Gasteiger partial charge in [-0.3, -0.25) is 0 Å². The van der Waals surface area contributed by atoms with Crippen molar-refractivity contribution in [2.75, 3.05) is 0 Å². The maximum atomic E-state index is 9.05. The molecule has 0 fully saturated rings. The second-order valence-corrected chi connectivity index (χ2v) is 4.39. The van der Waals surface area contributed by atoms with Crippen LogP contribution in [0.2, 0.25) is 0 Å². The Bertz CT molecular complexity index is 590. The van der Waals surface area contributed by atoms with Gasteiger partial charge in [0.05, 0.1) is 0 Å². The molecular weight excluding hydrogens is 280 g/mol. The SMILES string of the molecule is Cc1ccnc(Oc2cccc(Br)c2)c1C#N. The quantitative estimate of drug-likeness (QED) is 0.844. The molecular formula is C13H9BrN2O. The third kappa shape index (κ3) is 2.63. The number of nitriles is 1. The Kier molecular flexibility index (Phi) is 3.40. The van der Waals surface area contributed by atoms with Gasteiger partial charge >= 0.3 is 0 Å². The summed E-state index contributed by atoms with van der Waals surface area (Å²) in [5.41, 5.74) is 1.32. The van der Waals surface area contributed by atoms with E-state index >= 15 is 0 Å². The standard InChI is InChI=1S/C13H9BrN2O/c1-9-5-6-16-13(12(9)8-15)17-11-4-2-3-10(14)7-11/h2-7H,1H3. The van der Waals surface area contributed by atoms with Crippen LogP contribution in [-0.2, 0) is 0 Å². The number of aromatic nitrogens is 1. The highest BCUT2D eigenvalue weighted by atomic mass is 79.9. The molecule has 0 unspecified atom stereocenters. The molecule has 2 aromatic rings. The van der Waals surface area contributed by atoms with Crippen molar-refractivity contribution in [1.82, 2.24) is 4.98 Å². The molecule has 3 nitrogen and oxygen atoms in total. The number of hydrogen-bond acceptors (Lipinski definition) is 3. The first-order valence-electron chi connectivity index (χ1n) is 5.00. The zero-order valence-electron chi connectivity index (χ0n) is 9.14. The predicted octanol–water partition coefficient (Wildman–Crippen LogP) is 3.82. The van der Waals surface area contributed by atoms with Gasteiger partial charge in [0.1, 0.15) is 17.4 Å². The normalized spacial score (nSPS) is 9.71. The molecule has 0 radical (unpaired) electrons. The molecule has 84 valence electrons. The van der Waals surface area contributed by atoms with Crippen LogP contribution in [0, 0.1) is 18.3 Å². The highest BCUT2D eigenvalue weighted by Gasteiger charge is 2.08. The van der Waals surface area contributed by atoms with Crippen LogP contribution in [0.15, 0.2) is 41.0 Å². The molecule has 0 amide bonds. The number of aryl methyl sites for hydroxylation is 1. The molecule has 0 bridgehead atoms. The molecule has 4 heteroatoms. The molecule has 0 spiro atoms. The van der Waals surface area contributed by atoms with Crippen LogP contribution in [0.5, 0.6) is 11.6 Å². The second-order valence-electron chi connectivity index (χ2n) is 3.48. The Labute approximate surface area is 108 Å². The van der Waals surface area contributed by atoms with E-state index in [1.165, 1.54) is 0 Å². The zero-order chi connectivity index (χ0) is 12.3. The predicted molar refractivity (Wildman–Crippen MR) is 67.9 cm³/mol. The summed E-state index contributed by atoms with van der Waals surface area (Å²) in [4.78, 5) is 4.08. The number of benzene rings is 1. The fourth-order valence-corrected chi connectivity index (χ4v) is 1.77. The fraction of sp³-hybridized carbons (Fsp3) is 0.0769. The Morgan fingerprint density at radius 3 is 2.88 bits per heavy atom. The number of ether oxygens (including phenoxy) is 1. The van der Waals surface area contributed by atoms with E-state index in [9.17, 15) is 0 Å². The van der Waals surface area contributed by atoms with Crippen molar-refractivity contribution < 1.29 is 4.74 Å². The highest BCUT2D eigenvalue weighted by molar-refractivity contribution is 9.10. The Balaban J connectivity index is 2.37. The number of pyridine rings is 1. The summed E-state index contributed by atoms with van der Waals surface area (Å²) in [7, 11) is 0. The van der Waals surface area contributed by atoms with Gasteiger partial charge in [0.15, 0.2) is 0 Å². The average molecular weight is 289 g/mol. The Morgan fingerprint density at radius 1 is 1.35 bits per heavy atom. The summed E-state index contributed by atoms with van der Waals surface area (Å²) in [6.45, 7) is 1.86. The maximum Gasteiger partial charge on any atom is 0.237 e. The molecule has 0 aliphatic rings. The zero-order valence-corrected chi connectivity index (χ0v) is 10.7. The monoisotopic (exact) mass is 288 g/mol. The van der Waals surface area contributed by atoms with Crippen molar-refractivity contribution in [2.24, 2.45) is 0 Å². The molecule has 1 heterocycles. The third-order valence-electron chi connectivity index (χ3n) is 2.25. The smallest absolute Gasteiger partial charge is 0.237 e. The molecule has 0 aliphatic heterocycles. The largest absolute Gasteiger partial charge is 0.438 e. The van der Waals surface area contributed by atoms with Gasteiger partial charge in [-0.05, 0) is 36.8 Å². The van der Waals surface area contributed by atoms with E-state index in [1.54, 1.807) is 12.3 Å². The molecule has 2 rings (SSSR count). The van der Waals surface area contributed by atoms with Crippen molar-refractivity contribution in [3.63, 3.8) is 0 Å². The first-order valence-corrected chi connectivity index (χ1v) is 5.79. The topological polar surface area (TPSA) is 45.9 Å². The van der Waals surface area contributed by atoms with E-state index in [1.807, 2.05) is 31.2 Å². The molecule has 0 N–H and O–H groups in total. The third-order valence-corrected chi connectivity index (χ3v) is 2.74. The lowest BCUT2D eigenvalue weighted by molar-refractivity contribution is 0.460. The fourth-order valence-electron chi connectivity index (χ4n) is 1.39. The van der Waals surface area contributed by atoms with Crippen LogP contribution in [0.25, 0.3) is 0 Å². The minimum absolute atomic E-state index is 0.339. The first kappa shape index (κ1) is 11.6. The lowest BCUT2D eigenvalue weighted by Gasteiger charge is -2.07. The van der Waals surface area contributed by atoms with E-state index in [-0.39, 0.29) is 0 Å². The summed E-state index contributed by atoms with van der Waals surface area (Å²) in [5, 5.41) is 9.05. The minimum Gasteiger partial charge on any atom is -0.438 e. The van der Waals surface area contributed by atoms with Gasteiger partial charge in [-0.15, -0.1) is 0 Å². The summed E-state index contributed by atoms with van der Waals surface area (Å²) in [5.74, 6) is 0.986. The number of hydrogen-bond donors (Lipinski definition) is 0. The molecule has 0 aliphatic carbocycles. The molecule has 0 saturated carbocycles. The number of nitrogens with zero attached hydrogens (tertiary/aromatic N) is 2. The van der Waals surface area contributed by atoms with Gasteiger partial charge in [-0.25, -0.2) is 4.98 Å². The summed E-state index contributed by atoms with van der Waals surface area (Å²) in [6.07, 6.45) is 1.63. The molecule has 1 aromatic heterocycles. The lowest BCUT2D eigenvalue weighted by Crippen LogP contribution is -1.93. The van der Waals surface area contributed by atoms with Crippen molar-refractivity contribution in [2.45, 2.75) is 6.92 Å². The van der Waals surface area contributed by atoms with Gasteiger partial charge < -0.3 is 4.74 Å².